The predicted molar refractivity (Wildman–Crippen MR) is 102 cm³/mol. The fourth-order valence-corrected chi connectivity index (χ4v) is 2.54. The molecule has 0 aromatic rings. The Morgan fingerprint density at radius 3 is 1.17 bits per heavy atom. The molecule has 0 aromatic carbocycles. The Hall–Kier alpha value is -1.46. The van der Waals surface area contributed by atoms with Crippen LogP contribution in [0.5, 0.6) is 0 Å². The molecule has 0 saturated carbocycles. The van der Waals surface area contributed by atoms with Crippen molar-refractivity contribution in [2.75, 3.05) is 27.3 Å². The first-order valence-electron chi connectivity index (χ1n) is 9.34. The molecule has 0 radical (unpaired) electrons. The molecule has 0 atom stereocenters. The fourth-order valence-electron chi connectivity index (χ4n) is 2.54. The van der Waals surface area contributed by atoms with Crippen molar-refractivity contribution in [3.8, 4) is 0 Å². The van der Waals surface area contributed by atoms with E-state index < -0.39 is 0 Å². The first-order valence-corrected chi connectivity index (χ1v) is 9.34. The lowest BCUT2D eigenvalue weighted by Gasteiger charge is -2.06. The highest BCUT2D eigenvalue weighted by Gasteiger charge is 1.95. The number of nitrogens with zero attached hydrogens (tertiary/aromatic N) is 2. The van der Waals surface area contributed by atoms with E-state index in [0.717, 1.165) is 24.8 Å². The van der Waals surface area contributed by atoms with Crippen molar-refractivity contribution in [2.45, 2.75) is 78.1 Å². The maximum Gasteiger partial charge on any atom is 0.138 e. The van der Waals surface area contributed by atoms with E-state index in [2.05, 4.69) is 20.9 Å². The summed E-state index contributed by atoms with van der Waals surface area (Å²) in [7, 11) is 3.14. The van der Waals surface area contributed by atoms with Crippen LogP contribution in [0.25, 0.3) is 0 Å². The van der Waals surface area contributed by atoms with Crippen molar-refractivity contribution >= 4 is 11.7 Å². The summed E-state index contributed by atoms with van der Waals surface area (Å²) in [4.78, 5) is 9.40. The van der Waals surface area contributed by atoms with Gasteiger partial charge in [0.15, 0.2) is 0 Å². The maximum atomic E-state index is 4.70. The van der Waals surface area contributed by atoms with E-state index in [-0.39, 0.29) is 0 Å². The van der Waals surface area contributed by atoms with Crippen LogP contribution in [0.15, 0.2) is 10.3 Å². The van der Waals surface area contributed by atoms with Crippen LogP contribution in [0.4, 0.5) is 0 Å². The highest BCUT2D eigenvalue weighted by molar-refractivity contribution is 5.79. The Morgan fingerprint density at radius 1 is 0.583 bits per heavy atom. The molecule has 0 bridgehead atoms. The molecule has 24 heavy (non-hydrogen) atoms. The van der Waals surface area contributed by atoms with Gasteiger partial charge in [-0.2, -0.15) is 0 Å². The van der Waals surface area contributed by atoms with Crippen LogP contribution in [-0.2, 0) is 9.68 Å². The maximum absolute atomic E-state index is 4.70. The minimum atomic E-state index is 0.855. The third-order valence-corrected chi connectivity index (χ3v) is 3.82. The van der Waals surface area contributed by atoms with Crippen LogP contribution in [0.2, 0.25) is 0 Å². The molecule has 6 heteroatoms. The second-order valence-electron chi connectivity index (χ2n) is 6.11. The van der Waals surface area contributed by atoms with E-state index in [4.69, 9.17) is 9.68 Å². The second-order valence-corrected chi connectivity index (χ2v) is 6.11. The molecular weight excluding hydrogens is 304 g/mol. The van der Waals surface area contributed by atoms with E-state index in [1.54, 1.807) is 14.2 Å². The molecule has 0 fully saturated rings. The van der Waals surface area contributed by atoms with Gasteiger partial charge in [-0.25, -0.2) is 0 Å². The number of rotatable bonds is 15. The molecule has 0 rings (SSSR count). The van der Waals surface area contributed by atoms with Crippen molar-refractivity contribution in [3.05, 3.63) is 0 Å². The molecule has 0 heterocycles. The summed E-state index contributed by atoms with van der Waals surface area (Å²) in [5.74, 6) is 1.71. The van der Waals surface area contributed by atoms with Crippen molar-refractivity contribution in [2.24, 2.45) is 10.3 Å². The number of hydrogen-bond acceptors (Lipinski definition) is 4. The summed E-state index contributed by atoms with van der Waals surface area (Å²) in [6, 6.07) is 0. The minimum absolute atomic E-state index is 0.855. The summed E-state index contributed by atoms with van der Waals surface area (Å²) in [6.07, 6.45) is 13.1. The van der Waals surface area contributed by atoms with Crippen LogP contribution >= 0.6 is 0 Å². The van der Waals surface area contributed by atoms with Gasteiger partial charge < -0.3 is 20.3 Å². The van der Waals surface area contributed by atoms with Gasteiger partial charge in [-0.1, -0.05) is 61.7 Å². The molecule has 0 aliphatic rings. The second kappa shape index (κ2) is 17.9. The average Bonchev–Trinajstić information content (AvgIpc) is 2.55. The largest absolute Gasteiger partial charge is 0.398 e. The monoisotopic (exact) mass is 342 g/mol. The van der Waals surface area contributed by atoms with Gasteiger partial charge >= 0.3 is 0 Å². The lowest BCUT2D eigenvalue weighted by Crippen LogP contribution is -2.21. The number of hydrogen-bond donors (Lipinski definition) is 2. The Labute approximate surface area is 148 Å². The summed E-state index contributed by atoms with van der Waals surface area (Å²) < 4.78 is 0. The zero-order valence-electron chi connectivity index (χ0n) is 16.2. The lowest BCUT2D eigenvalue weighted by atomic mass is 10.1. The van der Waals surface area contributed by atoms with Crippen LogP contribution < -0.4 is 10.6 Å². The Bertz CT molecular complexity index is 301. The highest BCUT2D eigenvalue weighted by atomic mass is 16.6. The van der Waals surface area contributed by atoms with E-state index in [1.165, 1.54) is 64.2 Å². The third kappa shape index (κ3) is 16.9. The van der Waals surface area contributed by atoms with E-state index >= 15 is 0 Å². The number of oxime groups is 2. The third-order valence-electron chi connectivity index (χ3n) is 3.82. The van der Waals surface area contributed by atoms with Crippen LogP contribution in [0.1, 0.15) is 78.1 Å². The van der Waals surface area contributed by atoms with Gasteiger partial charge in [0, 0.05) is 13.1 Å². The number of nitrogens with one attached hydrogen (secondary N) is 2. The van der Waals surface area contributed by atoms with Gasteiger partial charge in [-0.05, 0) is 26.7 Å². The van der Waals surface area contributed by atoms with Gasteiger partial charge in [0.05, 0.1) is 0 Å². The topological polar surface area (TPSA) is 67.2 Å². The minimum Gasteiger partial charge on any atom is -0.398 e. The molecule has 0 unspecified atom stereocenters. The van der Waals surface area contributed by atoms with Gasteiger partial charge in [-0.3, -0.25) is 0 Å². The standard InChI is InChI=1S/C18H38N4O2/c1-17(21-23-3)19-15-13-11-9-7-5-6-8-10-12-14-16-20-18(2)22-24-4/h5-16H2,1-4H3,(H,19,21)(H,20,22). The van der Waals surface area contributed by atoms with Crippen LogP contribution in [-0.4, -0.2) is 39.0 Å². The molecule has 0 aliphatic carbocycles. The van der Waals surface area contributed by atoms with Crippen molar-refractivity contribution in [3.63, 3.8) is 0 Å². The normalized spacial score (nSPS) is 12.2. The molecule has 0 spiro atoms. The molecule has 2 N–H and O–H groups in total. The van der Waals surface area contributed by atoms with Crippen LogP contribution in [0, 0.1) is 0 Å². The number of unbranched alkanes of at least 4 members (excludes halogenated alkanes) is 9. The summed E-state index contributed by atoms with van der Waals surface area (Å²) in [5.41, 5.74) is 0. The molecule has 0 amide bonds. The molecular formula is C18H38N4O2. The Kier molecular flexibility index (Phi) is 16.8. The van der Waals surface area contributed by atoms with Crippen LogP contribution in [0.3, 0.4) is 0 Å². The first-order chi connectivity index (χ1) is 11.7. The van der Waals surface area contributed by atoms with Crippen molar-refractivity contribution in [1.82, 2.24) is 10.6 Å². The predicted octanol–water partition coefficient (Wildman–Crippen LogP) is 4.03. The fraction of sp³-hybridized carbons (Fsp3) is 0.889. The zero-order chi connectivity index (χ0) is 17.9. The van der Waals surface area contributed by atoms with E-state index in [1.807, 2.05) is 13.8 Å². The van der Waals surface area contributed by atoms with E-state index in [0.29, 0.717) is 0 Å². The van der Waals surface area contributed by atoms with Gasteiger partial charge in [-0.15, -0.1) is 0 Å². The zero-order valence-corrected chi connectivity index (χ0v) is 16.2. The van der Waals surface area contributed by atoms with E-state index in [9.17, 15) is 0 Å². The lowest BCUT2D eigenvalue weighted by molar-refractivity contribution is 0.211. The van der Waals surface area contributed by atoms with Crippen molar-refractivity contribution in [1.29, 1.82) is 0 Å². The van der Waals surface area contributed by atoms with Gasteiger partial charge in [0.1, 0.15) is 25.9 Å². The first kappa shape index (κ1) is 22.5. The summed E-state index contributed by atoms with van der Waals surface area (Å²) in [6.45, 7) is 5.82. The summed E-state index contributed by atoms with van der Waals surface area (Å²) >= 11 is 0. The van der Waals surface area contributed by atoms with Gasteiger partial charge in [0.25, 0.3) is 0 Å². The molecule has 0 aromatic heterocycles. The molecule has 142 valence electrons. The average molecular weight is 343 g/mol. The van der Waals surface area contributed by atoms with Gasteiger partial charge in [0.2, 0.25) is 0 Å². The van der Waals surface area contributed by atoms with Crippen molar-refractivity contribution < 1.29 is 9.68 Å². The molecule has 0 aliphatic heterocycles. The smallest absolute Gasteiger partial charge is 0.138 e. The quantitative estimate of drug-likeness (QED) is 0.204. The Morgan fingerprint density at radius 2 is 0.875 bits per heavy atom. The number of amidine groups is 2. The summed E-state index contributed by atoms with van der Waals surface area (Å²) in [5, 5.41) is 14.1. The molecule has 6 nitrogen and oxygen atoms in total. The Balaban J connectivity index is 3.15. The highest BCUT2D eigenvalue weighted by Crippen LogP contribution is 2.10. The molecule has 0 saturated heterocycles. The SMILES string of the molecule is CO/N=C(\C)NCCCCCCCCCCCCN/C(C)=N/OC.